The van der Waals surface area contributed by atoms with E-state index in [1.165, 1.54) is 8.87 Å². The third-order valence-corrected chi connectivity index (χ3v) is 8.21. The Morgan fingerprint density at radius 1 is 1.06 bits per heavy atom. The number of halogens is 1. The Bertz CT molecular complexity index is 1300. The number of hydrogen-bond donors (Lipinski definition) is 0. The average molecular weight is 477 g/mol. The number of methoxy groups -OCH3 is 1. The molecule has 10 heteroatoms. The van der Waals surface area contributed by atoms with Crippen LogP contribution in [0.2, 0.25) is 5.02 Å². The highest BCUT2D eigenvalue weighted by Crippen LogP contribution is 2.26. The molecule has 4 rings (SSSR count). The second-order valence-electron chi connectivity index (χ2n) is 7.76. The van der Waals surface area contributed by atoms with Gasteiger partial charge in [-0.05, 0) is 43.3 Å². The van der Waals surface area contributed by atoms with Gasteiger partial charge in [0.25, 0.3) is 5.56 Å². The predicted molar refractivity (Wildman–Crippen MR) is 124 cm³/mol. The minimum Gasteiger partial charge on any atom is -0.497 e. The van der Waals surface area contributed by atoms with Crippen molar-refractivity contribution in [3.63, 3.8) is 0 Å². The van der Waals surface area contributed by atoms with Crippen molar-refractivity contribution in [2.75, 3.05) is 33.3 Å². The molecule has 3 aromatic rings. The Hall–Kier alpha value is -2.46. The number of fused-ring (bicyclic) bond motifs is 1. The van der Waals surface area contributed by atoms with Crippen molar-refractivity contribution < 1.29 is 13.2 Å². The van der Waals surface area contributed by atoms with Crippen molar-refractivity contribution in [2.24, 2.45) is 7.05 Å². The monoisotopic (exact) mass is 476 g/mol. The van der Waals surface area contributed by atoms with Gasteiger partial charge in [0.1, 0.15) is 11.6 Å². The molecule has 2 aromatic carbocycles. The van der Waals surface area contributed by atoms with Gasteiger partial charge in [-0.2, -0.15) is 4.31 Å². The van der Waals surface area contributed by atoms with Crippen molar-refractivity contribution in [3.8, 4) is 5.75 Å². The molecule has 1 unspecified atom stereocenters. The van der Waals surface area contributed by atoms with Crippen LogP contribution in [0.4, 0.5) is 0 Å². The molecule has 0 radical (unpaired) electrons. The molecule has 1 aliphatic rings. The first-order valence-corrected chi connectivity index (χ1v) is 12.1. The number of hydrogen-bond acceptors (Lipinski definition) is 6. The summed E-state index contributed by atoms with van der Waals surface area (Å²) in [4.78, 5) is 19.9. The summed E-state index contributed by atoms with van der Waals surface area (Å²) in [5, 5.41) is 0.787. The average Bonchev–Trinajstić information content (AvgIpc) is 2.81. The van der Waals surface area contributed by atoms with Gasteiger partial charge < -0.3 is 4.74 Å². The maximum absolute atomic E-state index is 13.0. The Balaban J connectivity index is 1.53. The Morgan fingerprint density at radius 2 is 1.72 bits per heavy atom. The third kappa shape index (κ3) is 4.01. The summed E-state index contributed by atoms with van der Waals surface area (Å²) < 4.78 is 34.1. The fourth-order valence-electron chi connectivity index (χ4n) is 4.05. The first-order chi connectivity index (χ1) is 15.2. The number of nitrogens with zero attached hydrogens (tertiary/aromatic N) is 4. The van der Waals surface area contributed by atoms with E-state index in [-0.39, 0.29) is 16.5 Å². The lowest BCUT2D eigenvalue weighted by atomic mass is 10.2. The second-order valence-corrected chi connectivity index (χ2v) is 10.1. The lowest BCUT2D eigenvalue weighted by Gasteiger charge is -2.37. The summed E-state index contributed by atoms with van der Waals surface area (Å²) in [5.41, 5.74) is 0.367. The quantitative estimate of drug-likeness (QED) is 0.563. The van der Waals surface area contributed by atoms with Gasteiger partial charge in [-0.15, -0.1) is 0 Å². The largest absolute Gasteiger partial charge is 0.497 e. The molecule has 1 fully saturated rings. The summed E-state index contributed by atoms with van der Waals surface area (Å²) in [6.07, 6.45) is 0. The van der Waals surface area contributed by atoms with Crippen LogP contribution >= 0.6 is 11.6 Å². The van der Waals surface area contributed by atoms with Gasteiger partial charge in [-0.25, -0.2) is 13.4 Å². The van der Waals surface area contributed by atoms with E-state index in [1.54, 1.807) is 56.6 Å². The van der Waals surface area contributed by atoms with Crippen LogP contribution in [0.1, 0.15) is 18.8 Å². The van der Waals surface area contributed by atoms with E-state index in [2.05, 4.69) is 4.90 Å². The van der Waals surface area contributed by atoms with E-state index in [0.717, 1.165) is 0 Å². The van der Waals surface area contributed by atoms with Gasteiger partial charge >= 0.3 is 0 Å². The fraction of sp³-hybridized carbons (Fsp3) is 0.364. The highest BCUT2D eigenvalue weighted by Gasteiger charge is 2.31. The van der Waals surface area contributed by atoms with Crippen molar-refractivity contribution in [2.45, 2.75) is 17.9 Å². The van der Waals surface area contributed by atoms with Crippen LogP contribution in [0, 0.1) is 0 Å². The van der Waals surface area contributed by atoms with Crippen molar-refractivity contribution in [1.29, 1.82) is 0 Å². The molecule has 1 saturated heterocycles. The zero-order valence-electron chi connectivity index (χ0n) is 18.2. The highest BCUT2D eigenvalue weighted by atomic mass is 35.5. The molecule has 0 N–H and O–H groups in total. The molecular formula is C22H25ClN4O4S. The first-order valence-electron chi connectivity index (χ1n) is 10.3. The molecule has 170 valence electrons. The van der Waals surface area contributed by atoms with E-state index in [4.69, 9.17) is 21.3 Å². The van der Waals surface area contributed by atoms with E-state index in [1.807, 2.05) is 6.92 Å². The molecule has 2 heterocycles. The van der Waals surface area contributed by atoms with Crippen molar-refractivity contribution >= 4 is 32.5 Å². The Kier molecular flexibility index (Phi) is 6.26. The SMILES string of the molecule is COc1ccc(S(=O)(=O)N2CCN(C(C)c3nc4cccc(Cl)c4c(=O)n3C)CC2)cc1. The minimum absolute atomic E-state index is 0.165. The first kappa shape index (κ1) is 22.7. The molecule has 8 nitrogen and oxygen atoms in total. The van der Waals surface area contributed by atoms with Crippen molar-refractivity contribution in [1.82, 2.24) is 18.8 Å². The molecule has 0 bridgehead atoms. The number of aromatic nitrogens is 2. The normalized spacial score (nSPS) is 16.9. The van der Waals surface area contributed by atoms with Crippen LogP contribution in [0.5, 0.6) is 5.75 Å². The maximum Gasteiger partial charge on any atom is 0.262 e. The van der Waals surface area contributed by atoms with Crippen LogP contribution in [0.3, 0.4) is 0 Å². The minimum atomic E-state index is -3.58. The van der Waals surface area contributed by atoms with Crippen molar-refractivity contribution in [3.05, 3.63) is 63.7 Å². The predicted octanol–water partition coefficient (Wildman–Crippen LogP) is 2.66. The number of ether oxygens (including phenoxy) is 1. The van der Waals surface area contributed by atoms with Gasteiger partial charge in [0, 0.05) is 33.2 Å². The van der Waals surface area contributed by atoms with Gasteiger partial charge in [0.2, 0.25) is 10.0 Å². The molecule has 1 aliphatic heterocycles. The number of rotatable bonds is 5. The smallest absolute Gasteiger partial charge is 0.262 e. The third-order valence-electron chi connectivity index (χ3n) is 5.98. The highest BCUT2D eigenvalue weighted by molar-refractivity contribution is 7.89. The molecule has 0 amide bonds. The molecule has 0 saturated carbocycles. The van der Waals surface area contributed by atoms with Crippen LogP contribution in [-0.2, 0) is 17.1 Å². The van der Waals surface area contributed by atoms with Crippen LogP contribution in [0.25, 0.3) is 10.9 Å². The van der Waals surface area contributed by atoms with Crippen LogP contribution < -0.4 is 10.3 Å². The Morgan fingerprint density at radius 3 is 2.34 bits per heavy atom. The lowest BCUT2D eigenvalue weighted by Crippen LogP contribution is -2.49. The molecule has 1 atom stereocenters. The topological polar surface area (TPSA) is 84.7 Å². The van der Waals surface area contributed by atoms with E-state index in [0.29, 0.717) is 53.7 Å². The summed E-state index contributed by atoms with van der Waals surface area (Å²) in [5.74, 6) is 1.23. The number of benzene rings is 2. The molecule has 1 aromatic heterocycles. The van der Waals surface area contributed by atoms with E-state index < -0.39 is 10.0 Å². The van der Waals surface area contributed by atoms with Crippen LogP contribution in [-0.4, -0.2) is 60.5 Å². The molecular weight excluding hydrogens is 452 g/mol. The fourth-order valence-corrected chi connectivity index (χ4v) is 5.73. The van der Waals surface area contributed by atoms with Gasteiger partial charge in [0.05, 0.1) is 34.0 Å². The van der Waals surface area contributed by atoms with Gasteiger partial charge in [0.15, 0.2) is 0 Å². The lowest BCUT2D eigenvalue weighted by molar-refractivity contribution is 0.139. The van der Waals surface area contributed by atoms with E-state index >= 15 is 0 Å². The maximum atomic E-state index is 13.0. The molecule has 32 heavy (non-hydrogen) atoms. The Labute approximate surface area is 192 Å². The zero-order chi connectivity index (χ0) is 23.0. The zero-order valence-corrected chi connectivity index (χ0v) is 19.7. The molecule has 0 spiro atoms. The summed E-state index contributed by atoms with van der Waals surface area (Å²) in [7, 11) is -0.354. The molecule has 0 aliphatic carbocycles. The summed E-state index contributed by atoms with van der Waals surface area (Å²) >= 11 is 6.21. The second kappa shape index (κ2) is 8.82. The van der Waals surface area contributed by atoms with E-state index in [9.17, 15) is 13.2 Å². The number of piperazine rings is 1. The summed E-state index contributed by atoms with van der Waals surface area (Å²) in [6.45, 7) is 3.74. The standard InChI is InChI=1S/C22H25ClN4O4S/c1-15(21-24-19-6-4-5-18(23)20(19)22(28)25(21)2)26-11-13-27(14-12-26)32(29,30)17-9-7-16(31-3)8-10-17/h4-10,15H,11-14H2,1-3H3. The van der Waals surface area contributed by atoms with Gasteiger partial charge in [-0.1, -0.05) is 17.7 Å². The van der Waals surface area contributed by atoms with Crippen LogP contribution in [0.15, 0.2) is 52.2 Å². The number of sulfonamides is 1. The van der Waals surface area contributed by atoms with Gasteiger partial charge in [-0.3, -0.25) is 14.3 Å². The summed E-state index contributed by atoms with van der Waals surface area (Å²) in [6, 6.07) is 11.5.